The van der Waals surface area contributed by atoms with Crippen LogP contribution in [0, 0.1) is 5.82 Å². The Labute approximate surface area is 233 Å². The summed E-state index contributed by atoms with van der Waals surface area (Å²) < 4.78 is 23.3. The third-order valence-corrected chi connectivity index (χ3v) is 8.70. The number of aromatic amines is 1. The molecule has 0 bridgehead atoms. The minimum atomic E-state index is -0.425. The lowest BCUT2D eigenvalue weighted by Crippen LogP contribution is -2.44. The molecule has 4 aromatic rings. The van der Waals surface area contributed by atoms with Crippen LogP contribution in [0.3, 0.4) is 0 Å². The molecule has 210 valence electrons. The summed E-state index contributed by atoms with van der Waals surface area (Å²) in [6.45, 7) is 3.89. The van der Waals surface area contributed by atoms with Crippen LogP contribution in [0.2, 0.25) is 0 Å². The smallest absolute Gasteiger partial charge is 0.331 e. The minimum Gasteiger partial charge on any atom is -0.497 e. The van der Waals surface area contributed by atoms with E-state index in [0.29, 0.717) is 42.2 Å². The Morgan fingerprint density at radius 1 is 1.02 bits per heavy atom. The van der Waals surface area contributed by atoms with Gasteiger partial charge in [0.25, 0.3) is 5.56 Å². The van der Waals surface area contributed by atoms with Crippen LogP contribution in [-0.2, 0) is 19.5 Å². The lowest BCUT2D eigenvalue weighted by Gasteiger charge is -2.32. The van der Waals surface area contributed by atoms with E-state index in [9.17, 15) is 14.0 Å². The molecule has 2 aromatic carbocycles. The lowest BCUT2D eigenvalue weighted by molar-refractivity contribution is 0.204. The highest BCUT2D eigenvalue weighted by Gasteiger charge is 2.25. The number of nitrogens with zero attached hydrogens (tertiary/aromatic N) is 3. The first kappa shape index (κ1) is 26.6. The minimum absolute atomic E-state index is 0.257. The number of piperidine rings is 1. The van der Waals surface area contributed by atoms with E-state index in [1.54, 1.807) is 29.9 Å². The highest BCUT2D eigenvalue weighted by molar-refractivity contribution is 5.85. The summed E-state index contributed by atoms with van der Waals surface area (Å²) in [7, 11) is 1.70. The van der Waals surface area contributed by atoms with Gasteiger partial charge < -0.3 is 14.6 Å². The number of methoxy groups -OCH3 is 1. The van der Waals surface area contributed by atoms with Gasteiger partial charge in [0.2, 0.25) is 0 Å². The van der Waals surface area contributed by atoms with Gasteiger partial charge in [0.1, 0.15) is 11.6 Å². The molecule has 8 heteroatoms. The van der Waals surface area contributed by atoms with Crippen molar-refractivity contribution in [3.05, 3.63) is 86.6 Å². The summed E-state index contributed by atoms with van der Waals surface area (Å²) in [5.41, 5.74) is 3.17. The van der Waals surface area contributed by atoms with Crippen molar-refractivity contribution in [3.63, 3.8) is 0 Å². The number of likely N-dealkylation sites (tertiary alicyclic amines) is 1. The van der Waals surface area contributed by atoms with Crippen molar-refractivity contribution >= 4 is 10.9 Å². The van der Waals surface area contributed by atoms with E-state index >= 15 is 0 Å². The van der Waals surface area contributed by atoms with E-state index in [1.165, 1.54) is 21.6 Å². The highest BCUT2D eigenvalue weighted by atomic mass is 19.1. The molecule has 0 radical (unpaired) electrons. The van der Waals surface area contributed by atoms with Gasteiger partial charge in [-0.1, -0.05) is 18.2 Å². The molecule has 4 heterocycles. The van der Waals surface area contributed by atoms with E-state index in [4.69, 9.17) is 4.74 Å². The van der Waals surface area contributed by atoms with Crippen molar-refractivity contribution in [1.29, 1.82) is 0 Å². The zero-order valence-electron chi connectivity index (χ0n) is 23.1. The largest absolute Gasteiger partial charge is 0.497 e. The standard InChI is InChI=1S/C32H37FN4O3/c1-40-23-13-14-28-25(19-23)26(20-34-28)22-9-8-16-35(21-22)15-6-7-18-37-31(38)30(24-10-2-3-11-27(24)33)29-12-4-5-17-36(29)32(37)39/h2-3,10-11,13-14,19-20,22,34H,4-9,12,15-18,21H2,1H3. The van der Waals surface area contributed by atoms with Crippen molar-refractivity contribution in [3.8, 4) is 16.9 Å². The molecule has 2 aromatic heterocycles. The number of halogens is 1. The fourth-order valence-corrected chi connectivity index (χ4v) is 6.63. The van der Waals surface area contributed by atoms with Crippen molar-refractivity contribution in [2.75, 3.05) is 26.7 Å². The van der Waals surface area contributed by atoms with Gasteiger partial charge in [-0.25, -0.2) is 9.18 Å². The molecule has 2 aliphatic heterocycles. The van der Waals surface area contributed by atoms with E-state index in [-0.39, 0.29) is 11.2 Å². The number of H-pyrrole nitrogens is 1. The molecular formula is C32H37FN4O3. The van der Waals surface area contributed by atoms with Crippen LogP contribution in [0.4, 0.5) is 4.39 Å². The van der Waals surface area contributed by atoms with E-state index < -0.39 is 5.82 Å². The second kappa shape index (κ2) is 11.5. The summed E-state index contributed by atoms with van der Waals surface area (Å²) in [5.74, 6) is 0.893. The number of aromatic nitrogens is 3. The summed E-state index contributed by atoms with van der Waals surface area (Å²) in [6.07, 6.45) is 8.44. The van der Waals surface area contributed by atoms with E-state index in [0.717, 1.165) is 69.4 Å². The predicted molar refractivity (Wildman–Crippen MR) is 156 cm³/mol. The second-order valence-corrected chi connectivity index (χ2v) is 11.2. The molecule has 1 saturated heterocycles. The van der Waals surface area contributed by atoms with Crippen LogP contribution in [0.15, 0.2) is 58.3 Å². The third kappa shape index (κ3) is 5.01. The average molecular weight is 545 g/mol. The first-order valence-electron chi connectivity index (χ1n) is 14.5. The number of nitrogens with one attached hydrogen (secondary N) is 1. The normalized spacial score (nSPS) is 17.7. The van der Waals surface area contributed by atoms with Gasteiger partial charge in [0, 0.05) is 48.0 Å². The fraction of sp³-hybridized carbons (Fsp3) is 0.438. The van der Waals surface area contributed by atoms with Crippen molar-refractivity contribution in [2.45, 2.75) is 64.0 Å². The molecule has 40 heavy (non-hydrogen) atoms. The molecule has 7 nitrogen and oxygen atoms in total. The molecule has 1 atom stereocenters. The predicted octanol–water partition coefficient (Wildman–Crippen LogP) is 5.30. The van der Waals surface area contributed by atoms with Crippen molar-refractivity contribution < 1.29 is 9.13 Å². The molecular weight excluding hydrogens is 507 g/mol. The van der Waals surface area contributed by atoms with Crippen molar-refractivity contribution in [1.82, 2.24) is 19.0 Å². The molecule has 0 spiro atoms. The first-order valence-corrected chi connectivity index (χ1v) is 14.5. The number of ether oxygens (including phenoxy) is 1. The molecule has 1 fully saturated rings. The average Bonchev–Trinajstić information content (AvgIpc) is 3.41. The Balaban J connectivity index is 1.15. The topological polar surface area (TPSA) is 72.3 Å². The molecule has 0 saturated carbocycles. The Morgan fingerprint density at radius 2 is 1.88 bits per heavy atom. The number of hydrogen-bond acceptors (Lipinski definition) is 4. The van der Waals surface area contributed by atoms with Gasteiger partial charge in [-0.15, -0.1) is 0 Å². The number of rotatable bonds is 8. The molecule has 0 aliphatic carbocycles. The van der Waals surface area contributed by atoms with Gasteiger partial charge in [-0.2, -0.15) is 0 Å². The number of unbranched alkanes of at least 4 members (excludes halogenated alkanes) is 1. The number of fused-ring (bicyclic) bond motifs is 2. The lowest BCUT2D eigenvalue weighted by atomic mass is 9.90. The Morgan fingerprint density at radius 3 is 2.73 bits per heavy atom. The SMILES string of the molecule is COc1ccc2[nH]cc(C3CCCN(CCCCn4c(=O)c(-c5ccccc5F)c5n(c4=O)CCCC5)C3)c2c1. The summed E-state index contributed by atoms with van der Waals surface area (Å²) in [6, 6.07) is 12.6. The Hall–Kier alpha value is -3.65. The third-order valence-electron chi connectivity index (χ3n) is 8.70. The quantitative estimate of drug-likeness (QED) is 0.306. The number of benzene rings is 2. The second-order valence-electron chi connectivity index (χ2n) is 11.2. The van der Waals surface area contributed by atoms with Gasteiger partial charge in [-0.05, 0) is 93.8 Å². The monoisotopic (exact) mass is 544 g/mol. The van der Waals surface area contributed by atoms with E-state index in [2.05, 4.69) is 28.2 Å². The molecule has 6 rings (SSSR count). The van der Waals surface area contributed by atoms with Crippen LogP contribution < -0.4 is 16.0 Å². The summed E-state index contributed by atoms with van der Waals surface area (Å²) >= 11 is 0. The zero-order chi connectivity index (χ0) is 27.6. The Bertz CT molecular complexity index is 1640. The van der Waals surface area contributed by atoms with Crippen LogP contribution in [0.25, 0.3) is 22.0 Å². The Kier molecular flexibility index (Phi) is 7.61. The van der Waals surface area contributed by atoms with Crippen LogP contribution >= 0.6 is 0 Å². The van der Waals surface area contributed by atoms with Gasteiger partial charge >= 0.3 is 5.69 Å². The summed E-state index contributed by atoms with van der Waals surface area (Å²) in [4.78, 5) is 32.8. The molecule has 1 unspecified atom stereocenters. The van der Waals surface area contributed by atoms with Gasteiger partial charge in [0.05, 0.1) is 12.7 Å². The maximum Gasteiger partial charge on any atom is 0.331 e. The van der Waals surface area contributed by atoms with Crippen molar-refractivity contribution in [2.24, 2.45) is 0 Å². The van der Waals surface area contributed by atoms with Crippen LogP contribution in [0.1, 0.15) is 55.7 Å². The fourth-order valence-electron chi connectivity index (χ4n) is 6.63. The number of hydrogen-bond donors (Lipinski definition) is 1. The maximum atomic E-state index is 14.8. The first-order chi connectivity index (χ1) is 19.5. The molecule has 1 N–H and O–H groups in total. The van der Waals surface area contributed by atoms with Crippen LogP contribution in [0.5, 0.6) is 5.75 Å². The molecule has 2 aliphatic rings. The zero-order valence-corrected chi connectivity index (χ0v) is 23.1. The molecule has 0 amide bonds. The maximum absolute atomic E-state index is 14.8. The highest BCUT2D eigenvalue weighted by Crippen LogP contribution is 2.34. The summed E-state index contributed by atoms with van der Waals surface area (Å²) in [5, 5.41) is 1.23. The van der Waals surface area contributed by atoms with Crippen LogP contribution in [-0.4, -0.2) is 45.8 Å². The van der Waals surface area contributed by atoms with Gasteiger partial charge in [0.15, 0.2) is 0 Å². The van der Waals surface area contributed by atoms with Gasteiger partial charge in [-0.3, -0.25) is 13.9 Å². The van der Waals surface area contributed by atoms with E-state index in [1.807, 2.05) is 6.07 Å².